The van der Waals surface area contributed by atoms with E-state index in [9.17, 15) is 4.79 Å². The summed E-state index contributed by atoms with van der Waals surface area (Å²) in [7, 11) is 1.45. The van der Waals surface area contributed by atoms with E-state index in [1.165, 1.54) is 12.7 Å². The van der Waals surface area contributed by atoms with Gasteiger partial charge in [-0.3, -0.25) is 20.1 Å². The summed E-state index contributed by atoms with van der Waals surface area (Å²) in [6, 6.07) is 3.92. The molecule has 2 fully saturated rings. The highest BCUT2D eigenvalue weighted by molar-refractivity contribution is 5.76. The monoisotopic (exact) mass is 333 g/mol. The molecule has 7 heteroatoms. The van der Waals surface area contributed by atoms with Gasteiger partial charge in [-0.1, -0.05) is 0 Å². The third kappa shape index (κ3) is 4.51. The molecule has 2 aliphatic rings. The molecule has 0 spiro atoms. The molecule has 24 heavy (non-hydrogen) atoms. The predicted octanol–water partition coefficient (Wildman–Crippen LogP) is -0.145. The third-order valence-corrected chi connectivity index (χ3v) is 4.88. The van der Waals surface area contributed by atoms with E-state index >= 15 is 0 Å². The predicted molar refractivity (Wildman–Crippen MR) is 91.0 cm³/mol. The first kappa shape index (κ1) is 17.3. The van der Waals surface area contributed by atoms with Gasteiger partial charge in [0, 0.05) is 51.0 Å². The minimum absolute atomic E-state index is 0.181. The van der Waals surface area contributed by atoms with Crippen LogP contribution in [0.15, 0.2) is 24.5 Å². The van der Waals surface area contributed by atoms with Crippen molar-refractivity contribution < 1.29 is 9.53 Å². The number of methoxy groups -OCH3 is 1. The molecule has 3 rings (SSSR count). The molecule has 0 amide bonds. The van der Waals surface area contributed by atoms with Crippen molar-refractivity contribution in [2.45, 2.75) is 19.0 Å². The van der Waals surface area contributed by atoms with E-state index in [1.54, 1.807) is 0 Å². The maximum Gasteiger partial charge on any atom is 0.324 e. The van der Waals surface area contributed by atoms with Crippen LogP contribution in [-0.4, -0.2) is 73.2 Å². The fourth-order valence-corrected chi connectivity index (χ4v) is 3.53. The molecule has 2 saturated heterocycles. The highest BCUT2D eigenvalue weighted by atomic mass is 16.5. The lowest BCUT2D eigenvalue weighted by atomic mass is 10.0. The summed E-state index contributed by atoms with van der Waals surface area (Å²) < 4.78 is 4.89. The highest BCUT2D eigenvalue weighted by Crippen LogP contribution is 2.14. The second-order valence-electron chi connectivity index (χ2n) is 6.57. The minimum Gasteiger partial charge on any atom is -0.468 e. The van der Waals surface area contributed by atoms with Gasteiger partial charge < -0.3 is 9.64 Å². The fourth-order valence-electron chi connectivity index (χ4n) is 3.53. The van der Waals surface area contributed by atoms with Crippen LogP contribution in [0.4, 0.5) is 0 Å². The standard InChI is InChI=1S/C17H27N5O2/c1-24-17(23)16-15(11-19-20-16)13-22-8-2-7-21(9-10-22)12-14-3-5-18-6-4-14/h3-6,15-16,19-20H,2,7-13H2,1H3. The number of aromatic nitrogens is 1. The Hall–Kier alpha value is -1.54. The summed E-state index contributed by atoms with van der Waals surface area (Å²) in [5, 5.41) is 0. The van der Waals surface area contributed by atoms with Gasteiger partial charge in [-0.2, -0.15) is 0 Å². The van der Waals surface area contributed by atoms with E-state index in [1.807, 2.05) is 12.4 Å². The van der Waals surface area contributed by atoms with Crippen LogP contribution in [0.5, 0.6) is 0 Å². The normalized spacial score (nSPS) is 26.2. The number of ether oxygens (including phenoxy) is 1. The van der Waals surface area contributed by atoms with Gasteiger partial charge in [0.2, 0.25) is 0 Å². The molecule has 3 heterocycles. The number of rotatable bonds is 5. The van der Waals surface area contributed by atoms with Crippen LogP contribution < -0.4 is 10.9 Å². The highest BCUT2D eigenvalue weighted by Gasteiger charge is 2.34. The van der Waals surface area contributed by atoms with Crippen molar-refractivity contribution in [1.82, 2.24) is 25.6 Å². The fraction of sp³-hybridized carbons (Fsp3) is 0.647. The summed E-state index contributed by atoms with van der Waals surface area (Å²) in [4.78, 5) is 20.9. The third-order valence-electron chi connectivity index (χ3n) is 4.88. The zero-order valence-corrected chi connectivity index (χ0v) is 14.3. The lowest BCUT2D eigenvalue weighted by Crippen LogP contribution is -2.43. The molecule has 132 valence electrons. The summed E-state index contributed by atoms with van der Waals surface area (Å²) >= 11 is 0. The van der Waals surface area contributed by atoms with Crippen molar-refractivity contribution in [3.63, 3.8) is 0 Å². The van der Waals surface area contributed by atoms with Crippen LogP contribution in [-0.2, 0) is 16.1 Å². The van der Waals surface area contributed by atoms with Gasteiger partial charge >= 0.3 is 5.97 Å². The molecule has 0 saturated carbocycles. The number of hydrogen-bond donors (Lipinski definition) is 2. The number of carbonyl (C=O) groups excluding carboxylic acids is 1. The molecular formula is C17H27N5O2. The van der Waals surface area contributed by atoms with Crippen LogP contribution in [0.3, 0.4) is 0 Å². The molecular weight excluding hydrogens is 306 g/mol. The average Bonchev–Trinajstić information content (AvgIpc) is 2.96. The van der Waals surface area contributed by atoms with Crippen LogP contribution in [0.2, 0.25) is 0 Å². The zero-order valence-electron chi connectivity index (χ0n) is 14.3. The van der Waals surface area contributed by atoms with E-state index in [0.717, 1.165) is 52.2 Å². The number of hydrazine groups is 1. The van der Waals surface area contributed by atoms with Gasteiger partial charge in [0.1, 0.15) is 6.04 Å². The van der Waals surface area contributed by atoms with Gasteiger partial charge in [-0.15, -0.1) is 0 Å². The second kappa shape index (κ2) is 8.53. The van der Waals surface area contributed by atoms with Crippen LogP contribution in [0.1, 0.15) is 12.0 Å². The van der Waals surface area contributed by atoms with Gasteiger partial charge in [0.25, 0.3) is 0 Å². The first-order valence-corrected chi connectivity index (χ1v) is 8.66. The average molecular weight is 333 g/mol. The van der Waals surface area contributed by atoms with Gasteiger partial charge in [-0.05, 0) is 37.2 Å². The Bertz CT molecular complexity index is 527. The summed E-state index contributed by atoms with van der Waals surface area (Å²) in [6.45, 7) is 6.99. The first-order chi connectivity index (χ1) is 11.8. The number of esters is 1. The van der Waals surface area contributed by atoms with Crippen LogP contribution in [0, 0.1) is 5.92 Å². The number of nitrogens with one attached hydrogen (secondary N) is 2. The SMILES string of the molecule is COC(=O)C1NNCC1CN1CCCN(Cc2ccncc2)CC1. The van der Waals surface area contributed by atoms with Gasteiger partial charge in [-0.25, -0.2) is 5.43 Å². The van der Waals surface area contributed by atoms with Crippen molar-refractivity contribution >= 4 is 5.97 Å². The quantitative estimate of drug-likeness (QED) is 0.727. The smallest absolute Gasteiger partial charge is 0.324 e. The summed E-state index contributed by atoms with van der Waals surface area (Å²) in [6.07, 6.45) is 4.86. The first-order valence-electron chi connectivity index (χ1n) is 8.66. The zero-order chi connectivity index (χ0) is 16.8. The lowest BCUT2D eigenvalue weighted by Gasteiger charge is -2.26. The molecule has 0 radical (unpaired) electrons. The number of nitrogens with zero attached hydrogens (tertiary/aromatic N) is 3. The molecule has 2 unspecified atom stereocenters. The van der Waals surface area contributed by atoms with Crippen molar-refractivity contribution in [1.29, 1.82) is 0 Å². The topological polar surface area (TPSA) is 69.7 Å². The van der Waals surface area contributed by atoms with Crippen molar-refractivity contribution in [2.24, 2.45) is 5.92 Å². The van der Waals surface area contributed by atoms with Gasteiger partial charge in [0.05, 0.1) is 7.11 Å². The van der Waals surface area contributed by atoms with E-state index in [4.69, 9.17) is 4.74 Å². The minimum atomic E-state index is -0.244. The van der Waals surface area contributed by atoms with E-state index in [2.05, 4.69) is 37.8 Å². The number of pyridine rings is 1. The Kier molecular flexibility index (Phi) is 6.14. The molecule has 2 aliphatic heterocycles. The van der Waals surface area contributed by atoms with Crippen LogP contribution in [0.25, 0.3) is 0 Å². The second-order valence-corrected chi connectivity index (χ2v) is 6.57. The Morgan fingerprint density at radius 1 is 1.25 bits per heavy atom. The van der Waals surface area contributed by atoms with Crippen molar-refractivity contribution in [2.75, 3.05) is 46.4 Å². The van der Waals surface area contributed by atoms with Gasteiger partial charge in [0.15, 0.2) is 0 Å². The molecule has 2 N–H and O–H groups in total. The Labute approximate surface area is 143 Å². The largest absolute Gasteiger partial charge is 0.468 e. The van der Waals surface area contributed by atoms with E-state index < -0.39 is 0 Å². The molecule has 2 atom stereocenters. The van der Waals surface area contributed by atoms with E-state index in [-0.39, 0.29) is 17.9 Å². The Morgan fingerprint density at radius 2 is 2.00 bits per heavy atom. The summed E-state index contributed by atoms with van der Waals surface area (Å²) in [5.74, 6) is 0.0725. The molecule has 0 bridgehead atoms. The van der Waals surface area contributed by atoms with Crippen LogP contribution >= 0.6 is 0 Å². The molecule has 1 aromatic heterocycles. The Morgan fingerprint density at radius 3 is 2.79 bits per heavy atom. The molecule has 0 aliphatic carbocycles. The van der Waals surface area contributed by atoms with Crippen molar-refractivity contribution in [3.8, 4) is 0 Å². The molecule has 7 nitrogen and oxygen atoms in total. The maximum absolute atomic E-state index is 11.8. The van der Waals surface area contributed by atoms with E-state index in [0.29, 0.717) is 0 Å². The number of carbonyl (C=O) groups is 1. The molecule has 0 aromatic carbocycles. The maximum atomic E-state index is 11.8. The number of hydrogen-bond acceptors (Lipinski definition) is 7. The Balaban J connectivity index is 1.49. The lowest BCUT2D eigenvalue weighted by molar-refractivity contribution is -0.144. The molecule has 1 aromatic rings. The van der Waals surface area contributed by atoms with Crippen molar-refractivity contribution in [3.05, 3.63) is 30.1 Å². The summed E-state index contributed by atoms with van der Waals surface area (Å²) in [5.41, 5.74) is 7.44.